The average Bonchev–Trinajstić information content (AvgIpc) is 2.54. The Bertz CT molecular complexity index is 590. The fraction of sp³-hybridized carbons (Fsp3) is 0.278. The van der Waals surface area contributed by atoms with Gasteiger partial charge in [0.25, 0.3) is 5.91 Å². The van der Waals surface area contributed by atoms with Crippen LogP contribution in [0.15, 0.2) is 48.5 Å². The van der Waals surface area contributed by atoms with Gasteiger partial charge in [0, 0.05) is 23.5 Å². The lowest BCUT2D eigenvalue weighted by Gasteiger charge is -2.10. The van der Waals surface area contributed by atoms with Crippen LogP contribution in [0.5, 0.6) is 0 Å². The van der Waals surface area contributed by atoms with Crippen LogP contribution < -0.4 is 10.6 Å². The number of carbonyl (C=O) groups excluding carboxylic acids is 1. The molecule has 3 nitrogen and oxygen atoms in total. The van der Waals surface area contributed by atoms with Crippen LogP contribution in [-0.2, 0) is 6.42 Å². The molecule has 0 saturated heterocycles. The van der Waals surface area contributed by atoms with Crippen LogP contribution in [-0.4, -0.2) is 12.5 Å². The first-order chi connectivity index (χ1) is 10.2. The van der Waals surface area contributed by atoms with Crippen LogP contribution in [0.3, 0.4) is 0 Å². The SMILES string of the molecule is CCCNc1ccc(C(=O)Nc2ccccc2CC)cc1. The van der Waals surface area contributed by atoms with Crippen molar-refractivity contribution in [1.29, 1.82) is 0 Å². The van der Waals surface area contributed by atoms with Crippen molar-refractivity contribution in [2.45, 2.75) is 26.7 Å². The van der Waals surface area contributed by atoms with E-state index >= 15 is 0 Å². The third kappa shape index (κ3) is 4.09. The Balaban J connectivity index is 2.06. The van der Waals surface area contributed by atoms with Crippen LogP contribution in [0.1, 0.15) is 36.2 Å². The standard InChI is InChI=1S/C18H22N2O/c1-3-13-19-16-11-9-15(10-12-16)18(21)20-17-8-6-5-7-14(17)4-2/h5-12,19H,3-4,13H2,1-2H3,(H,20,21). The Kier molecular flexibility index (Phi) is 5.38. The van der Waals surface area contributed by atoms with Crippen LogP contribution in [0.2, 0.25) is 0 Å². The molecule has 0 saturated carbocycles. The molecule has 0 aliphatic carbocycles. The van der Waals surface area contributed by atoms with Crippen molar-refractivity contribution in [3.8, 4) is 0 Å². The minimum Gasteiger partial charge on any atom is -0.385 e. The summed E-state index contributed by atoms with van der Waals surface area (Å²) in [6.45, 7) is 5.15. The molecule has 2 rings (SSSR count). The summed E-state index contributed by atoms with van der Waals surface area (Å²) in [4.78, 5) is 12.3. The molecule has 0 bridgehead atoms. The van der Waals surface area contributed by atoms with Crippen LogP contribution >= 0.6 is 0 Å². The highest BCUT2D eigenvalue weighted by Gasteiger charge is 2.08. The zero-order valence-corrected chi connectivity index (χ0v) is 12.6. The van der Waals surface area contributed by atoms with E-state index in [4.69, 9.17) is 0 Å². The van der Waals surface area contributed by atoms with E-state index in [1.165, 1.54) is 0 Å². The van der Waals surface area contributed by atoms with E-state index in [1.807, 2.05) is 48.5 Å². The number of hydrogen-bond donors (Lipinski definition) is 2. The number of hydrogen-bond acceptors (Lipinski definition) is 2. The maximum absolute atomic E-state index is 12.3. The second-order valence-corrected chi connectivity index (χ2v) is 4.97. The molecular formula is C18H22N2O. The lowest BCUT2D eigenvalue weighted by Crippen LogP contribution is -2.13. The smallest absolute Gasteiger partial charge is 0.255 e. The normalized spacial score (nSPS) is 10.2. The molecule has 0 aliphatic heterocycles. The number of carbonyl (C=O) groups is 1. The minimum absolute atomic E-state index is 0.0714. The molecule has 3 heteroatoms. The van der Waals surface area contributed by atoms with Gasteiger partial charge < -0.3 is 10.6 Å². The van der Waals surface area contributed by atoms with Crippen molar-refractivity contribution in [2.75, 3.05) is 17.2 Å². The van der Waals surface area contributed by atoms with Crippen LogP contribution in [0.25, 0.3) is 0 Å². The fourth-order valence-corrected chi connectivity index (χ4v) is 2.15. The van der Waals surface area contributed by atoms with Gasteiger partial charge in [-0.1, -0.05) is 32.0 Å². The van der Waals surface area contributed by atoms with Gasteiger partial charge in [-0.15, -0.1) is 0 Å². The average molecular weight is 282 g/mol. The molecule has 0 aromatic heterocycles. The highest BCUT2D eigenvalue weighted by Crippen LogP contribution is 2.17. The molecule has 2 N–H and O–H groups in total. The van der Waals surface area contributed by atoms with E-state index in [1.54, 1.807) is 0 Å². The molecule has 110 valence electrons. The molecule has 0 unspecified atom stereocenters. The molecule has 0 aliphatic rings. The van der Waals surface area contributed by atoms with E-state index in [0.717, 1.165) is 36.3 Å². The first-order valence-corrected chi connectivity index (χ1v) is 7.47. The molecule has 0 radical (unpaired) electrons. The fourth-order valence-electron chi connectivity index (χ4n) is 2.15. The van der Waals surface area contributed by atoms with Crippen molar-refractivity contribution in [3.05, 3.63) is 59.7 Å². The van der Waals surface area contributed by atoms with Crippen molar-refractivity contribution < 1.29 is 4.79 Å². The largest absolute Gasteiger partial charge is 0.385 e. The quantitative estimate of drug-likeness (QED) is 0.828. The Morgan fingerprint density at radius 3 is 2.38 bits per heavy atom. The topological polar surface area (TPSA) is 41.1 Å². The van der Waals surface area contributed by atoms with Gasteiger partial charge in [-0.05, 0) is 48.7 Å². The van der Waals surface area contributed by atoms with Gasteiger partial charge in [-0.3, -0.25) is 4.79 Å². The van der Waals surface area contributed by atoms with Gasteiger partial charge in [-0.2, -0.15) is 0 Å². The molecule has 21 heavy (non-hydrogen) atoms. The second-order valence-electron chi connectivity index (χ2n) is 4.97. The summed E-state index contributed by atoms with van der Waals surface area (Å²) < 4.78 is 0. The molecule has 0 heterocycles. The van der Waals surface area contributed by atoms with Gasteiger partial charge in [-0.25, -0.2) is 0 Å². The van der Waals surface area contributed by atoms with Crippen LogP contribution in [0, 0.1) is 0 Å². The summed E-state index contributed by atoms with van der Waals surface area (Å²) >= 11 is 0. The predicted molar refractivity (Wildman–Crippen MR) is 89.0 cm³/mol. The third-order valence-corrected chi connectivity index (χ3v) is 3.37. The maximum atomic E-state index is 12.3. The Hall–Kier alpha value is -2.29. The van der Waals surface area contributed by atoms with Crippen molar-refractivity contribution in [2.24, 2.45) is 0 Å². The first-order valence-electron chi connectivity index (χ1n) is 7.47. The number of rotatable bonds is 6. The Morgan fingerprint density at radius 1 is 1.00 bits per heavy atom. The lowest BCUT2D eigenvalue weighted by molar-refractivity contribution is 0.102. The third-order valence-electron chi connectivity index (χ3n) is 3.37. The van der Waals surface area contributed by atoms with E-state index in [0.29, 0.717) is 5.56 Å². The molecule has 1 amide bonds. The van der Waals surface area contributed by atoms with Gasteiger partial charge in [0.2, 0.25) is 0 Å². The zero-order valence-electron chi connectivity index (χ0n) is 12.6. The molecule has 0 spiro atoms. The number of benzene rings is 2. The molecule has 0 fully saturated rings. The minimum atomic E-state index is -0.0714. The second kappa shape index (κ2) is 7.48. The Morgan fingerprint density at radius 2 is 1.71 bits per heavy atom. The maximum Gasteiger partial charge on any atom is 0.255 e. The Labute approximate surface area is 126 Å². The van der Waals surface area contributed by atoms with E-state index in [2.05, 4.69) is 24.5 Å². The van der Waals surface area contributed by atoms with Gasteiger partial charge in [0.15, 0.2) is 0 Å². The van der Waals surface area contributed by atoms with E-state index < -0.39 is 0 Å². The number of aryl methyl sites for hydroxylation is 1. The van der Waals surface area contributed by atoms with Crippen LogP contribution in [0.4, 0.5) is 11.4 Å². The monoisotopic (exact) mass is 282 g/mol. The van der Waals surface area contributed by atoms with Gasteiger partial charge >= 0.3 is 0 Å². The summed E-state index contributed by atoms with van der Waals surface area (Å²) in [5.41, 5.74) is 3.75. The molecule has 0 atom stereocenters. The van der Waals surface area contributed by atoms with Crippen molar-refractivity contribution >= 4 is 17.3 Å². The number of nitrogens with one attached hydrogen (secondary N) is 2. The number of anilines is 2. The van der Waals surface area contributed by atoms with Gasteiger partial charge in [0.05, 0.1) is 0 Å². The highest BCUT2D eigenvalue weighted by molar-refractivity contribution is 6.04. The predicted octanol–water partition coefficient (Wildman–Crippen LogP) is 4.32. The molecular weight excluding hydrogens is 260 g/mol. The van der Waals surface area contributed by atoms with E-state index in [-0.39, 0.29) is 5.91 Å². The summed E-state index contributed by atoms with van der Waals surface area (Å²) in [7, 11) is 0. The van der Waals surface area contributed by atoms with Crippen molar-refractivity contribution in [3.63, 3.8) is 0 Å². The van der Waals surface area contributed by atoms with Crippen molar-refractivity contribution in [1.82, 2.24) is 0 Å². The van der Waals surface area contributed by atoms with E-state index in [9.17, 15) is 4.79 Å². The molecule has 2 aromatic carbocycles. The summed E-state index contributed by atoms with van der Waals surface area (Å²) in [5, 5.41) is 6.28. The summed E-state index contributed by atoms with van der Waals surface area (Å²) in [6, 6.07) is 15.5. The highest BCUT2D eigenvalue weighted by atomic mass is 16.1. The first kappa shape index (κ1) is 15.1. The molecule has 2 aromatic rings. The number of amides is 1. The summed E-state index contributed by atoms with van der Waals surface area (Å²) in [6.07, 6.45) is 1.98. The summed E-state index contributed by atoms with van der Waals surface area (Å²) in [5.74, 6) is -0.0714. The zero-order chi connectivity index (χ0) is 15.1. The number of para-hydroxylation sites is 1. The van der Waals surface area contributed by atoms with Gasteiger partial charge in [0.1, 0.15) is 0 Å². The lowest BCUT2D eigenvalue weighted by atomic mass is 10.1.